The number of aryl methyl sites for hydroxylation is 1. The van der Waals surface area contributed by atoms with Crippen LogP contribution in [0.4, 0.5) is 14.5 Å². The van der Waals surface area contributed by atoms with E-state index in [0.717, 1.165) is 24.3 Å². The summed E-state index contributed by atoms with van der Waals surface area (Å²) >= 11 is 5.85. The molecule has 0 aliphatic rings. The second-order valence-corrected chi connectivity index (χ2v) is 5.68. The first kappa shape index (κ1) is 17.6. The van der Waals surface area contributed by atoms with Gasteiger partial charge >= 0.3 is 0 Å². The Morgan fingerprint density at radius 2 is 1.96 bits per heavy atom. The lowest BCUT2D eigenvalue weighted by Crippen LogP contribution is -2.13. The molecule has 10 heteroatoms. The minimum Gasteiger partial charge on any atom is -0.507 e. The number of phenolic OH excluding ortho intramolecular Hbond substituents is 1. The van der Waals surface area contributed by atoms with Crippen LogP contribution < -0.4 is 5.32 Å². The first-order valence-corrected chi connectivity index (χ1v) is 7.56. The maximum atomic E-state index is 14.4. The molecule has 134 valence electrons. The van der Waals surface area contributed by atoms with E-state index in [1.54, 1.807) is 6.92 Å². The molecule has 7 nitrogen and oxygen atoms in total. The number of anilines is 1. The highest BCUT2D eigenvalue weighted by atomic mass is 35.5. The molecule has 0 saturated carbocycles. The van der Waals surface area contributed by atoms with Gasteiger partial charge in [0.2, 0.25) is 5.88 Å². The number of nitrogens with one attached hydrogen (secondary N) is 2. The number of benzene rings is 1. The molecule has 26 heavy (non-hydrogen) atoms. The van der Waals surface area contributed by atoms with Gasteiger partial charge in [0.25, 0.3) is 5.91 Å². The Labute approximate surface area is 150 Å². The molecular formula is C16H11ClF2N4O3. The van der Waals surface area contributed by atoms with E-state index >= 15 is 0 Å². The second kappa shape index (κ2) is 6.60. The fraction of sp³-hybridized carbons (Fsp3) is 0.0625. The summed E-state index contributed by atoms with van der Waals surface area (Å²) in [7, 11) is 0. The van der Waals surface area contributed by atoms with Crippen LogP contribution in [0, 0.1) is 18.6 Å². The van der Waals surface area contributed by atoms with E-state index in [2.05, 4.69) is 20.5 Å². The fourth-order valence-corrected chi connectivity index (χ4v) is 2.48. The Morgan fingerprint density at radius 3 is 2.58 bits per heavy atom. The number of hydrogen-bond donors (Lipinski definition) is 4. The zero-order chi connectivity index (χ0) is 19.0. The first-order chi connectivity index (χ1) is 12.3. The standard InChI is InChI=1S/C16H11ClF2N4O3/c1-6-13(14(17)23-22-6)21-15(25)8-4-10(19)7(5-12(8)24)11-3-2-9(18)16(26)20-11/h2-5,24H,1H3,(H,20,26)(H,21,25)(H,22,23). The van der Waals surface area contributed by atoms with Gasteiger partial charge in [-0.1, -0.05) is 11.6 Å². The summed E-state index contributed by atoms with van der Waals surface area (Å²) in [6.07, 6.45) is 0. The van der Waals surface area contributed by atoms with Crippen LogP contribution in [-0.2, 0) is 0 Å². The van der Waals surface area contributed by atoms with Crippen LogP contribution in [0.5, 0.6) is 11.6 Å². The average Bonchev–Trinajstić information content (AvgIpc) is 2.91. The number of phenols is 1. The molecule has 0 atom stereocenters. The molecule has 3 rings (SSSR count). The van der Waals surface area contributed by atoms with E-state index in [1.807, 2.05) is 0 Å². The molecule has 1 amide bonds. The largest absolute Gasteiger partial charge is 0.507 e. The molecule has 0 bridgehead atoms. The van der Waals surface area contributed by atoms with E-state index < -0.39 is 29.2 Å². The SMILES string of the molecule is Cc1n[nH]c(Cl)c1NC(=O)c1cc(F)c(-c2ccc(F)c(O)n2)cc1O. The van der Waals surface area contributed by atoms with Crippen molar-refractivity contribution in [3.05, 3.63) is 52.3 Å². The number of carbonyl (C=O) groups is 1. The van der Waals surface area contributed by atoms with Gasteiger partial charge in [-0.3, -0.25) is 9.89 Å². The van der Waals surface area contributed by atoms with Crippen LogP contribution in [0.1, 0.15) is 16.1 Å². The van der Waals surface area contributed by atoms with Crippen molar-refractivity contribution < 1.29 is 23.8 Å². The minimum absolute atomic E-state index is 0.0819. The van der Waals surface area contributed by atoms with Gasteiger partial charge in [0.1, 0.15) is 22.4 Å². The molecule has 0 aliphatic carbocycles. The highest BCUT2D eigenvalue weighted by Crippen LogP contribution is 2.31. The number of aromatic amines is 1. The maximum absolute atomic E-state index is 14.4. The molecule has 4 N–H and O–H groups in total. The van der Waals surface area contributed by atoms with Crippen molar-refractivity contribution >= 4 is 23.2 Å². The molecule has 0 aliphatic heterocycles. The predicted octanol–water partition coefficient (Wildman–Crippen LogP) is 3.38. The number of H-pyrrole nitrogens is 1. The van der Waals surface area contributed by atoms with E-state index in [4.69, 9.17) is 11.6 Å². The summed E-state index contributed by atoms with van der Waals surface area (Å²) in [6.45, 7) is 1.59. The van der Waals surface area contributed by atoms with Gasteiger partial charge in [0.05, 0.1) is 17.0 Å². The lowest BCUT2D eigenvalue weighted by Gasteiger charge is -2.10. The van der Waals surface area contributed by atoms with Crippen molar-refractivity contribution in [2.45, 2.75) is 6.92 Å². The lowest BCUT2D eigenvalue weighted by molar-refractivity contribution is 0.102. The Balaban J connectivity index is 1.96. The molecule has 0 spiro atoms. The van der Waals surface area contributed by atoms with Crippen molar-refractivity contribution in [3.63, 3.8) is 0 Å². The highest BCUT2D eigenvalue weighted by Gasteiger charge is 2.20. The van der Waals surface area contributed by atoms with Gasteiger partial charge in [-0.05, 0) is 31.2 Å². The van der Waals surface area contributed by atoms with Crippen molar-refractivity contribution in [3.8, 4) is 22.9 Å². The summed E-state index contributed by atoms with van der Waals surface area (Å²) in [5.41, 5.74) is -0.0740. The van der Waals surface area contributed by atoms with Crippen molar-refractivity contribution in [2.24, 2.45) is 0 Å². The summed E-state index contributed by atoms with van der Waals surface area (Å²) < 4.78 is 27.5. The smallest absolute Gasteiger partial charge is 0.259 e. The first-order valence-electron chi connectivity index (χ1n) is 7.18. The number of hydrogen-bond acceptors (Lipinski definition) is 5. The van der Waals surface area contributed by atoms with Crippen LogP contribution >= 0.6 is 11.6 Å². The lowest BCUT2D eigenvalue weighted by atomic mass is 10.1. The molecule has 0 fully saturated rings. The summed E-state index contributed by atoms with van der Waals surface area (Å²) in [5, 5.41) is 28.2. The number of aromatic nitrogens is 3. The van der Waals surface area contributed by atoms with Crippen LogP contribution in [0.25, 0.3) is 11.3 Å². The van der Waals surface area contributed by atoms with Crippen LogP contribution in [0.15, 0.2) is 24.3 Å². The van der Waals surface area contributed by atoms with Gasteiger partial charge in [0.15, 0.2) is 5.82 Å². The van der Waals surface area contributed by atoms with Crippen molar-refractivity contribution in [2.75, 3.05) is 5.32 Å². The van der Waals surface area contributed by atoms with E-state index in [9.17, 15) is 23.8 Å². The number of halogens is 3. The molecule has 2 heterocycles. The van der Waals surface area contributed by atoms with E-state index in [-0.39, 0.29) is 27.7 Å². The number of pyridine rings is 1. The number of nitrogens with zero attached hydrogens (tertiary/aromatic N) is 2. The van der Waals surface area contributed by atoms with Crippen LogP contribution in [0.3, 0.4) is 0 Å². The Bertz CT molecular complexity index is 1000. The van der Waals surface area contributed by atoms with Crippen molar-refractivity contribution in [1.29, 1.82) is 0 Å². The Kier molecular flexibility index (Phi) is 4.47. The predicted molar refractivity (Wildman–Crippen MR) is 89.2 cm³/mol. The van der Waals surface area contributed by atoms with Crippen LogP contribution in [0.2, 0.25) is 5.15 Å². The number of aromatic hydroxyl groups is 2. The quantitative estimate of drug-likeness (QED) is 0.556. The van der Waals surface area contributed by atoms with Crippen molar-refractivity contribution in [1.82, 2.24) is 15.2 Å². The number of amides is 1. The molecule has 3 aromatic rings. The second-order valence-electron chi connectivity index (χ2n) is 5.30. The summed E-state index contributed by atoms with van der Waals surface area (Å²) in [6, 6.07) is 3.78. The zero-order valence-electron chi connectivity index (χ0n) is 13.1. The topological polar surface area (TPSA) is 111 Å². The summed E-state index contributed by atoms with van der Waals surface area (Å²) in [4.78, 5) is 15.8. The zero-order valence-corrected chi connectivity index (χ0v) is 13.9. The highest BCUT2D eigenvalue weighted by molar-refractivity contribution is 6.33. The minimum atomic E-state index is -0.971. The fourth-order valence-electron chi connectivity index (χ4n) is 2.25. The Morgan fingerprint density at radius 1 is 1.23 bits per heavy atom. The summed E-state index contributed by atoms with van der Waals surface area (Å²) in [5.74, 6) is -4.13. The average molecular weight is 381 g/mol. The Hall–Kier alpha value is -3.20. The molecule has 0 unspecified atom stereocenters. The third kappa shape index (κ3) is 3.16. The molecule has 2 aromatic heterocycles. The van der Waals surface area contributed by atoms with Gasteiger partial charge in [-0.25, -0.2) is 13.8 Å². The number of carbonyl (C=O) groups excluding carboxylic acids is 1. The van der Waals surface area contributed by atoms with Gasteiger partial charge in [-0.2, -0.15) is 5.10 Å². The van der Waals surface area contributed by atoms with Crippen LogP contribution in [-0.4, -0.2) is 31.3 Å². The molecular weight excluding hydrogens is 370 g/mol. The number of rotatable bonds is 3. The van der Waals surface area contributed by atoms with E-state index in [0.29, 0.717) is 5.69 Å². The van der Waals surface area contributed by atoms with Gasteiger partial charge in [0, 0.05) is 5.56 Å². The normalized spacial score (nSPS) is 10.8. The third-order valence-corrected chi connectivity index (χ3v) is 3.85. The van der Waals surface area contributed by atoms with E-state index in [1.165, 1.54) is 0 Å². The monoisotopic (exact) mass is 380 g/mol. The maximum Gasteiger partial charge on any atom is 0.259 e. The molecule has 1 aromatic carbocycles. The molecule has 0 saturated heterocycles. The van der Waals surface area contributed by atoms with Gasteiger partial charge in [-0.15, -0.1) is 0 Å². The molecule has 0 radical (unpaired) electrons. The van der Waals surface area contributed by atoms with Gasteiger partial charge < -0.3 is 15.5 Å². The third-order valence-electron chi connectivity index (χ3n) is 3.58.